The van der Waals surface area contributed by atoms with Crippen molar-refractivity contribution < 1.29 is 4.74 Å². The Morgan fingerprint density at radius 2 is 1.81 bits per heavy atom. The van der Waals surface area contributed by atoms with E-state index >= 15 is 0 Å². The number of nitrogens with zero attached hydrogens (tertiary/aromatic N) is 2. The summed E-state index contributed by atoms with van der Waals surface area (Å²) in [7, 11) is 0. The molecule has 3 nitrogen and oxygen atoms in total. The Morgan fingerprint density at radius 3 is 2.50 bits per heavy atom. The minimum absolute atomic E-state index is 0.471. The maximum atomic E-state index is 8.95. The molecule has 0 spiro atoms. The minimum atomic E-state index is 0.471. The van der Waals surface area contributed by atoms with E-state index in [0.29, 0.717) is 17.2 Å². The first kappa shape index (κ1) is 18.0. The van der Waals surface area contributed by atoms with Crippen LogP contribution in [0.15, 0.2) is 67.0 Å². The number of nitriles is 1. The molecule has 0 bridgehead atoms. The highest BCUT2D eigenvalue weighted by atomic mass is 35.5. The number of pyridine rings is 1. The van der Waals surface area contributed by atoms with Gasteiger partial charge in [0.25, 0.3) is 0 Å². The lowest BCUT2D eigenvalue weighted by Gasteiger charge is -2.08. The van der Waals surface area contributed by atoms with Crippen LogP contribution in [0.25, 0.3) is 11.1 Å². The number of halogens is 1. The summed E-state index contributed by atoms with van der Waals surface area (Å²) in [6, 6.07) is 19.5. The van der Waals surface area contributed by atoms with E-state index < -0.39 is 0 Å². The highest BCUT2D eigenvalue weighted by Crippen LogP contribution is 2.27. The monoisotopic (exact) mass is 362 g/mol. The molecule has 0 radical (unpaired) electrons. The minimum Gasteiger partial charge on any atom is -0.494 e. The molecule has 0 aliphatic carbocycles. The second-order valence-corrected chi connectivity index (χ2v) is 6.40. The Labute approximate surface area is 158 Å². The summed E-state index contributed by atoms with van der Waals surface area (Å²) < 4.78 is 5.81. The van der Waals surface area contributed by atoms with Crippen LogP contribution in [-0.2, 0) is 6.42 Å². The fraction of sp³-hybridized carbons (Fsp3) is 0.182. The third-order valence-corrected chi connectivity index (χ3v) is 4.44. The number of rotatable bonds is 7. The molecule has 0 amide bonds. The molecule has 0 N–H and O–H groups in total. The van der Waals surface area contributed by atoms with Crippen LogP contribution in [-0.4, -0.2) is 11.6 Å². The van der Waals surface area contributed by atoms with Crippen molar-refractivity contribution in [2.45, 2.75) is 19.3 Å². The van der Waals surface area contributed by atoms with Crippen LogP contribution in [0.5, 0.6) is 5.75 Å². The lowest BCUT2D eigenvalue weighted by atomic mass is 10.0. The molecule has 0 aliphatic heterocycles. The predicted octanol–water partition coefficient (Wildman–Crippen LogP) is 5.68. The van der Waals surface area contributed by atoms with Gasteiger partial charge in [-0.05, 0) is 66.3 Å². The van der Waals surface area contributed by atoms with Crippen molar-refractivity contribution in [3.8, 4) is 22.9 Å². The van der Waals surface area contributed by atoms with Crippen molar-refractivity contribution in [1.82, 2.24) is 4.98 Å². The summed E-state index contributed by atoms with van der Waals surface area (Å²) in [4.78, 5) is 4.12. The summed E-state index contributed by atoms with van der Waals surface area (Å²) in [5.41, 5.74) is 3.77. The van der Waals surface area contributed by atoms with Crippen molar-refractivity contribution in [2.75, 3.05) is 6.61 Å². The van der Waals surface area contributed by atoms with E-state index in [-0.39, 0.29) is 0 Å². The fourth-order valence-electron chi connectivity index (χ4n) is 2.70. The zero-order valence-corrected chi connectivity index (χ0v) is 15.1. The highest BCUT2D eigenvalue weighted by molar-refractivity contribution is 6.32. The molecule has 26 heavy (non-hydrogen) atoms. The second kappa shape index (κ2) is 9.03. The molecule has 0 fully saturated rings. The number of unbranched alkanes of at least 4 members (excludes halogenated alkanes) is 1. The van der Waals surface area contributed by atoms with Crippen LogP contribution in [0.1, 0.15) is 24.0 Å². The van der Waals surface area contributed by atoms with Crippen molar-refractivity contribution in [3.05, 3.63) is 83.1 Å². The van der Waals surface area contributed by atoms with E-state index in [2.05, 4.69) is 17.1 Å². The van der Waals surface area contributed by atoms with Crippen molar-refractivity contribution in [3.63, 3.8) is 0 Å². The first-order chi connectivity index (χ1) is 12.8. The van der Waals surface area contributed by atoms with Gasteiger partial charge in [0.05, 0.1) is 17.2 Å². The summed E-state index contributed by atoms with van der Waals surface area (Å²) in [5.74, 6) is 0.856. The van der Waals surface area contributed by atoms with Gasteiger partial charge in [-0.1, -0.05) is 35.9 Å². The Balaban J connectivity index is 1.49. The van der Waals surface area contributed by atoms with Gasteiger partial charge in [-0.15, -0.1) is 0 Å². The van der Waals surface area contributed by atoms with E-state index in [0.717, 1.165) is 36.1 Å². The number of aromatic nitrogens is 1. The van der Waals surface area contributed by atoms with Gasteiger partial charge in [0.1, 0.15) is 11.8 Å². The van der Waals surface area contributed by atoms with Crippen LogP contribution < -0.4 is 4.74 Å². The number of hydrogen-bond donors (Lipinski definition) is 0. The van der Waals surface area contributed by atoms with Gasteiger partial charge in [-0.3, -0.25) is 4.98 Å². The standard InChI is InChI=1S/C22H19ClN2O/c23-22-14-19(6-7-20(22)15-24)18-8-10-21(11-9-18)26-13-2-1-4-17-5-3-12-25-16-17/h3,5-12,14,16H,1-2,4,13H2. The Morgan fingerprint density at radius 1 is 1.00 bits per heavy atom. The summed E-state index contributed by atoms with van der Waals surface area (Å²) in [6.07, 6.45) is 6.81. The van der Waals surface area contributed by atoms with Gasteiger partial charge >= 0.3 is 0 Å². The quantitative estimate of drug-likeness (QED) is 0.508. The average Bonchev–Trinajstić information content (AvgIpc) is 2.69. The largest absolute Gasteiger partial charge is 0.494 e. The number of benzene rings is 2. The maximum Gasteiger partial charge on any atom is 0.119 e. The molecule has 3 rings (SSSR count). The van der Waals surface area contributed by atoms with E-state index in [1.165, 1.54) is 5.56 Å². The topological polar surface area (TPSA) is 45.9 Å². The van der Waals surface area contributed by atoms with Gasteiger partial charge in [-0.25, -0.2) is 0 Å². The molecule has 0 atom stereocenters. The molecule has 2 aromatic carbocycles. The molecule has 0 aliphatic rings. The molecule has 130 valence electrons. The predicted molar refractivity (Wildman–Crippen MR) is 104 cm³/mol. The summed E-state index contributed by atoms with van der Waals surface area (Å²) in [6.45, 7) is 0.697. The van der Waals surface area contributed by atoms with Crippen LogP contribution in [0, 0.1) is 11.3 Å². The first-order valence-corrected chi connectivity index (χ1v) is 8.96. The van der Waals surface area contributed by atoms with Crippen molar-refractivity contribution in [1.29, 1.82) is 5.26 Å². The second-order valence-electron chi connectivity index (χ2n) is 6.00. The third kappa shape index (κ3) is 4.84. The Kier molecular flexibility index (Phi) is 6.24. The molecular weight excluding hydrogens is 344 g/mol. The molecule has 0 saturated carbocycles. The molecule has 1 aromatic heterocycles. The van der Waals surface area contributed by atoms with Gasteiger partial charge < -0.3 is 4.74 Å². The smallest absolute Gasteiger partial charge is 0.119 e. The summed E-state index contributed by atoms with van der Waals surface area (Å²) in [5, 5.41) is 9.42. The molecule has 0 unspecified atom stereocenters. The zero-order valence-electron chi connectivity index (χ0n) is 14.4. The third-order valence-electron chi connectivity index (χ3n) is 4.13. The molecular formula is C22H19ClN2O. The highest BCUT2D eigenvalue weighted by Gasteiger charge is 2.04. The number of hydrogen-bond acceptors (Lipinski definition) is 3. The molecule has 1 heterocycles. The van der Waals surface area contributed by atoms with Gasteiger partial charge in [-0.2, -0.15) is 5.26 Å². The SMILES string of the molecule is N#Cc1ccc(-c2ccc(OCCCCc3cccnc3)cc2)cc1Cl. The first-order valence-electron chi connectivity index (χ1n) is 8.58. The van der Waals surface area contributed by atoms with Crippen molar-refractivity contribution in [2.24, 2.45) is 0 Å². The normalized spacial score (nSPS) is 10.3. The van der Waals surface area contributed by atoms with Crippen LogP contribution >= 0.6 is 11.6 Å². The van der Waals surface area contributed by atoms with Crippen LogP contribution in [0.2, 0.25) is 5.02 Å². The van der Waals surface area contributed by atoms with Gasteiger partial charge in [0.2, 0.25) is 0 Å². The summed E-state index contributed by atoms with van der Waals surface area (Å²) >= 11 is 6.10. The molecule has 4 heteroatoms. The lowest BCUT2D eigenvalue weighted by molar-refractivity contribution is 0.307. The van der Waals surface area contributed by atoms with E-state index in [9.17, 15) is 0 Å². The van der Waals surface area contributed by atoms with E-state index in [4.69, 9.17) is 21.6 Å². The van der Waals surface area contributed by atoms with Crippen molar-refractivity contribution >= 4 is 11.6 Å². The maximum absolute atomic E-state index is 8.95. The van der Waals surface area contributed by atoms with E-state index in [1.807, 2.05) is 48.7 Å². The molecule has 3 aromatic rings. The number of aryl methyl sites for hydroxylation is 1. The Hall–Kier alpha value is -2.83. The molecule has 0 saturated heterocycles. The van der Waals surface area contributed by atoms with Gasteiger partial charge in [0.15, 0.2) is 0 Å². The van der Waals surface area contributed by atoms with Crippen LogP contribution in [0.4, 0.5) is 0 Å². The average molecular weight is 363 g/mol. The fourth-order valence-corrected chi connectivity index (χ4v) is 2.92. The lowest BCUT2D eigenvalue weighted by Crippen LogP contribution is -1.98. The van der Waals surface area contributed by atoms with Crippen LogP contribution in [0.3, 0.4) is 0 Å². The zero-order chi connectivity index (χ0) is 18.2. The Bertz CT molecular complexity index is 886. The van der Waals surface area contributed by atoms with E-state index in [1.54, 1.807) is 12.3 Å². The van der Waals surface area contributed by atoms with Gasteiger partial charge in [0, 0.05) is 12.4 Å². The number of ether oxygens (including phenoxy) is 1.